The highest BCUT2D eigenvalue weighted by Gasteiger charge is 2.20. The maximum absolute atomic E-state index is 12.6. The number of para-hydroxylation sites is 1. The summed E-state index contributed by atoms with van der Waals surface area (Å²) >= 11 is 0. The van der Waals surface area contributed by atoms with E-state index in [-0.39, 0.29) is 5.91 Å². The quantitative estimate of drug-likeness (QED) is 0.511. The zero-order valence-corrected chi connectivity index (χ0v) is 16.3. The SMILES string of the molecule is CCOc1ccccc1/C=N\NC(=O)c1ccc2[nH]c3c(c2c1)CC(C)CC3. The third-order valence-corrected chi connectivity index (χ3v) is 5.29. The fourth-order valence-corrected chi connectivity index (χ4v) is 3.83. The van der Waals surface area contributed by atoms with Crippen LogP contribution in [0.4, 0.5) is 0 Å². The first-order valence-electron chi connectivity index (χ1n) is 9.84. The zero-order valence-electron chi connectivity index (χ0n) is 16.3. The summed E-state index contributed by atoms with van der Waals surface area (Å²) in [6.45, 7) is 4.80. The van der Waals surface area contributed by atoms with Gasteiger partial charge in [-0.2, -0.15) is 5.10 Å². The minimum atomic E-state index is -0.217. The van der Waals surface area contributed by atoms with E-state index in [1.165, 1.54) is 17.7 Å². The minimum absolute atomic E-state index is 0.217. The van der Waals surface area contributed by atoms with Gasteiger partial charge < -0.3 is 9.72 Å². The van der Waals surface area contributed by atoms with Crippen molar-refractivity contribution in [3.05, 3.63) is 64.8 Å². The number of nitrogens with one attached hydrogen (secondary N) is 2. The number of hydrogen-bond acceptors (Lipinski definition) is 3. The maximum atomic E-state index is 12.6. The molecule has 5 heteroatoms. The lowest BCUT2D eigenvalue weighted by Crippen LogP contribution is -2.17. The predicted molar refractivity (Wildman–Crippen MR) is 112 cm³/mol. The summed E-state index contributed by atoms with van der Waals surface area (Å²) in [5, 5.41) is 5.27. The molecule has 3 aromatic rings. The highest BCUT2D eigenvalue weighted by molar-refractivity contribution is 5.99. The molecular weight excluding hydrogens is 350 g/mol. The second kappa shape index (κ2) is 7.89. The van der Waals surface area contributed by atoms with Gasteiger partial charge in [0.2, 0.25) is 0 Å². The van der Waals surface area contributed by atoms with Crippen LogP contribution in [0.2, 0.25) is 0 Å². The first kappa shape index (κ1) is 18.3. The Bertz CT molecular complexity index is 1040. The molecule has 1 amide bonds. The number of aryl methyl sites for hydroxylation is 1. The number of H-pyrrole nitrogens is 1. The van der Waals surface area contributed by atoms with Crippen molar-refractivity contribution in [3.8, 4) is 5.75 Å². The van der Waals surface area contributed by atoms with Crippen molar-refractivity contribution < 1.29 is 9.53 Å². The molecule has 0 saturated carbocycles. The second-order valence-electron chi connectivity index (χ2n) is 7.36. The van der Waals surface area contributed by atoms with Crippen LogP contribution in [-0.2, 0) is 12.8 Å². The fraction of sp³-hybridized carbons (Fsp3) is 0.304. The van der Waals surface area contributed by atoms with Crippen LogP contribution in [0.5, 0.6) is 5.75 Å². The summed E-state index contributed by atoms with van der Waals surface area (Å²) < 4.78 is 5.57. The normalized spacial score (nSPS) is 16.3. The van der Waals surface area contributed by atoms with Gasteiger partial charge in [0.25, 0.3) is 5.91 Å². The number of nitrogens with zero attached hydrogens (tertiary/aromatic N) is 1. The van der Waals surface area contributed by atoms with Gasteiger partial charge in [-0.05, 0) is 68.0 Å². The summed E-state index contributed by atoms with van der Waals surface area (Å²) in [6, 6.07) is 13.4. The van der Waals surface area contributed by atoms with E-state index in [0.29, 0.717) is 18.1 Å². The molecular formula is C23H25N3O2. The standard InChI is InChI=1S/C23H25N3O2/c1-3-28-22-7-5-4-6-17(22)14-24-26-23(27)16-9-11-21-19(13-16)18-12-15(2)8-10-20(18)25-21/h4-7,9,11,13-15,25H,3,8,10,12H2,1-2H3,(H,26,27)/b24-14-. The van der Waals surface area contributed by atoms with Crippen LogP contribution in [-0.4, -0.2) is 23.7 Å². The van der Waals surface area contributed by atoms with E-state index in [9.17, 15) is 4.79 Å². The summed E-state index contributed by atoms with van der Waals surface area (Å²) in [6.07, 6.45) is 4.97. The number of carbonyl (C=O) groups is 1. The lowest BCUT2D eigenvalue weighted by Gasteiger charge is -2.18. The van der Waals surface area contributed by atoms with E-state index in [1.54, 1.807) is 6.21 Å². The van der Waals surface area contributed by atoms with Gasteiger partial charge in [0, 0.05) is 27.7 Å². The molecule has 1 atom stereocenters. The molecule has 1 aromatic heterocycles. The highest BCUT2D eigenvalue weighted by Crippen LogP contribution is 2.32. The van der Waals surface area contributed by atoms with Crippen LogP contribution in [0.15, 0.2) is 47.6 Å². The largest absolute Gasteiger partial charge is 0.493 e. The molecule has 1 aliphatic carbocycles. The molecule has 0 saturated heterocycles. The maximum Gasteiger partial charge on any atom is 0.271 e. The third-order valence-electron chi connectivity index (χ3n) is 5.29. The molecule has 144 valence electrons. The van der Waals surface area contributed by atoms with Gasteiger partial charge in [0.15, 0.2) is 0 Å². The summed E-state index contributed by atoms with van der Waals surface area (Å²) in [5.74, 6) is 1.21. The number of hydrogen-bond donors (Lipinski definition) is 2. The van der Waals surface area contributed by atoms with Crippen LogP contribution < -0.4 is 10.2 Å². The van der Waals surface area contributed by atoms with E-state index in [0.717, 1.165) is 35.1 Å². The van der Waals surface area contributed by atoms with Crippen LogP contribution in [0.25, 0.3) is 10.9 Å². The monoisotopic (exact) mass is 375 g/mol. The van der Waals surface area contributed by atoms with Crippen molar-refractivity contribution in [1.82, 2.24) is 10.4 Å². The molecule has 2 aromatic carbocycles. The number of rotatable bonds is 5. The van der Waals surface area contributed by atoms with Crippen LogP contribution in [0, 0.1) is 5.92 Å². The lowest BCUT2D eigenvalue weighted by atomic mass is 9.87. The van der Waals surface area contributed by atoms with Crippen LogP contribution >= 0.6 is 0 Å². The number of aromatic nitrogens is 1. The molecule has 0 fully saturated rings. The van der Waals surface area contributed by atoms with E-state index in [4.69, 9.17) is 4.74 Å². The number of benzene rings is 2. The van der Waals surface area contributed by atoms with Crippen molar-refractivity contribution >= 4 is 23.0 Å². The van der Waals surface area contributed by atoms with E-state index in [1.807, 2.05) is 49.4 Å². The van der Waals surface area contributed by atoms with E-state index in [2.05, 4.69) is 22.4 Å². The number of aromatic amines is 1. The van der Waals surface area contributed by atoms with Gasteiger partial charge in [0.05, 0.1) is 12.8 Å². The Morgan fingerprint density at radius 1 is 1.32 bits per heavy atom. The Labute approximate surface area is 164 Å². The zero-order chi connectivity index (χ0) is 19.5. The summed E-state index contributed by atoms with van der Waals surface area (Å²) in [5.41, 5.74) is 7.84. The van der Waals surface area contributed by atoms with Gasteiger partial charge in [-0.1, -0.05) is 19.1 Å². The van der Waals surface area contributed by atoms with Crippen molar-refractivity contribution in [1.29, 1.82) is 0 Å². The predicted octanol–water partition coefficient (Wildman–Crippen LogP) is 4.46. The number of fused-ring (bicyclic) bond motifs is 3. The van der Waals surface area contributed by atoms with E-state index >= 15 is 0 Å². The molecule has 0 radical (unpaired) electrons. The smallest absolute Gasteiger partial charge is 0.271 e. The lowest BCUT2D eigenvalue weighted by molar-refractivity contribution is 0.0955. The molecule has 1 heterocycles. The number of hydrazone groups is 1. The second-order valence-corrected chi connectivity index (χ2v) is 7.36. The highest BCUT2D eigenvalue weighted by atomic mass is 16.5. The number of carbonyl (C=O) groups excluding carboxylic acids is 1. The summed E-state index contributed by atoms with van der Waals surface area (Å²) in [4.78, 5) is 16.1. The van der Waals surface area contributed by atoms with Crippen molar-refractivity contribution in [3.63, 3.8) is 0 Å². The molecule has 5 nitrogen and oxygen atoms in total. The fourth-order valence-electron chi connectivity index (χ4n) is 3.83. The summed E-state index contributed by atoms with van der Waals surface area (Å²) in [7, 11) is 0. The Kier molecular flexibility index (Phi) is 5.15. The first-order valence-corrected chi connectivity index (χ1v) is 9.84. The third kappa shape index (κ3) is 3.65. The van der Waals surface area contributed by atoms with Crippen molar-refractivity contribution in [2.45, 2.75) is 33.1 Å². The van der Waals surface area contributed by atoms with Gasteiger partial charge in [0.1, 0.15) is 5.75 Å². The topological polar surface area (TPSA) is 66.5 Å². The van der Waals surface area contributed by atoms with Gasteiger partial charge in [-0.25, -0.2) is 5.43 Å². The molecule has 1 aliphatic rings. The average Bonchev–Trinajstić information content (AvgIpc) is 3.06. The minimum Gasteiger partial charge on any atom is -0.493 e. The van der Waals surface area contributed by atoms with Gasteiger partial charge in [-0.3, -0.25) is 4.79 Å². The number of amides is 1. The van der Waals surface area contributed by atoms with Crippen LogP contribution in [0.3, 0.4) is 0 Å². The molecule has 4 rings (SSSR count). The van der Waals surface area contributed by atoms with Gasteiger partial charge >= 0.3 is 0 Å². The van der Waals surface area contributed by atoms with Crippen molar-refractivity contribution in [2.24, 2.45) is 11.0 Å². The molecule has 1 unspecified atom stereocenters. The Balaban J connectivity index is 1.52. The molecule has 0 aliphatic heterocycles. The molecule has 2 N–H and O–H groups in total. The molecule has 0 bridgehead atoms. The van der Waals surface area contributed by atoms with E-state index < -0.39 is 0 Å². The Hall–Kier alpha value is -3.08. The Morgan fingerprint density at radius 2 is 2.18 bits per heavy atom. The first-order chi connectivity index (χ1) is 13.7. The van der Waals surface area contributed by atoms with Crippen molar-refractivity contribution in [2.75, 3.05) is 6.61 Å². The average molecular weight is 375 g/mol. The van der Waals surface area contributed by atoms with Crippen LogP contribution in [0.1, 0.15) is 47.4 Å². The Morgan fingerprint density at radius 3 is 3.04 bits per heavy atom. The molecule has 28 heavy (non-hydrogen) atoms. The van der Waals surface area contributed by atoms with Gasteiger partial charge in [-0.15, -0.1) is 0 Å². The molecule has 0 spiro atoms. The number of ether oxygens (including phenoxy) is 1.